The Bertz CT molecular complexity index is 1860. The zero-order valence-corrected chi connectivity index (χ0v) is 25.0. The molecule has 1 saturated carbocycles. The van der Waals surface area contributed by atoms with Crippen LogP contribution in [0.2, 0.25) is 0 Å². The van der Waals surface area contributed by atoms with E-state index in [9.17, 15) is 23.2 Å². The average molecular weight is 630 g/mol. The van der Waals surface area contributed by atoms with E-state index in [1.165, 1.54) is 4.90 Å². The van der Waals surface area contributed by atoms with Crippen molar-refractivity contribution in [3.63, 3.8) is 0 Å². The second-order valence-corrected chi connectivity index (χ2v) is 12.0. The number of carbonyl (C=O) groups is 1. The summed E-state index contributed by atoms with van der Waals surface area (Å²) in [6.45, 7) is 2.21. The minimum absolute atomic E-state index is 0.0177. The van der Waals surface area contributed by atoms with E-state index >= 15 is 0 Å². The van der Waals surface area contributed by atoms with Crippen molar-refractivity contribution in [2.24, 2.45) is 7.05 Å². The number of morpholine rings is 1. The van der Waals surface area contributed by atoms with Crippen LogP contribution >= 0.6 is 0 Å². The van der Waals surface area contributed by atoms with Crippen LogP contribution < -0.4 is 10.2 Å². The van der Waals surface area contributed by atoms with Crippen LogP contribution in [0, 0.1) is 11.3 Å². The van der Waals surface area contributed by atoms with Gasteiger partial charge in [-0.25, -0.2) is 4.98 Å². The first-order chi connectivity index (χ1) is 22.1. The zero-order chi connectivity index (χ0) is 32.1. The minimum atomic E-state index is -4.65. The number of rotatable bonds is 8. The van der Waals surface area contributed by atoms with Crippen LogP contribution in [-0.2, 0) is 31.1 Å². The largest absolute Gasteiger partial charge is 0.416 e. The van der Waals surface area contributed by atoms with Gasteiger partial charge in [0.1, 0.15) is 18.0 Å². The second-order valence-electron chi connectivity index (χ2n) is 12.0. The Morgan fingerprint density at radius 1 is 1.11 bits per heavy atom. The highest BCUT2D eigenvalue weighted by molar-refractivity contribution is 6.10. The molecule has 11 nitrogen and oxygen atoms in total. The van der Waals surface area contributed by atoms with Gasteiger partial charge in [0.15, 0.2) is 5.82 Å². The molecular formula is C32H30F3N9O2. The molecular weight excluding hydrogens is 599 g/mol. The number of pyridine rings is 2. The summed E-state index contributed by atoms with van der Waals surface area (Å²) >= 11 is 0. The van der Waals surface area contributed by atoms with Crippen molar-refractivity contribution in [1.29, 1.82) is 5.26 Å². The number of carbonyl (C=O) groups excluding carboxylic acids is 1. The van der Waals surface area contributed by atoms with Gasteiger partial charge in [-0.3, -0.25) is 19.6 Å². The van der Waals surface area contributed by atoms with Crippen molar-refractivity contribution >= 4 is 17.5 Å². The number of anilines is 2. The monoisotopic (exact) mass is 629 g/mol. The molecule has 0 unspecified atom stereocenters. The summed E-state index contributed by atoms with van der Waals surface area (Å²) in [5.74, 6) is 0.615. The molecule has 0 bridgehead atoms. The molecule has 0 radical (unpaired) electrons. The molecule has 3 aromatic heterocycles. The molecule has 1 aromatic carbocycles. The first kappa shape index (κ1) is 29.8. The lowest BCUT2D eigenvalue weighted by atomic mass is 9.98. The smallest absolute Gasteiger partial charge is 0.379 e. The third-order valence-corrected chi connectivity index (χ3v) is 8.75. The van der Waals surface area contributed by atoms with Crippen molar-refractivity contribution in [3.8, 4) is 28.6 Å². The summed E-state index contributed by atoms with van der Waals surface area (Å²) in [6, 6.07) is 10.2. The molecule has 2 fully saturated rings. The van der Waals surface area contributed by atoms with Crippen LogP contribution in [0.3, 0.4) is 0 Å². The Labute approximate surface area is 262 Å². The van der Waals surface area contributed by atoms with Gasteiger partial charge >= 0.3 is 6.18 Å². The number of hydrogen-bond acceptors (Lipinski definition) is 9. The van der Waals surface area contributed by atoms with Crippen molar-refractivity contribution in [2.45, 2.75) is 44.1 Å². The molecule has 4 aromatic rings. The normalized spacial score (nSPS) is 17.5. The van der Waals surface area contributed by atoms with E-state index in [0.29, 0.717) is 54.6 Å². The molecule has 1 amide bonds. The Kier molecular flexibility index (Phi) is 7.45. The lowest BCUT2D eigenvalue weighted by molar-refractivity contribution is -0.138. The van der Waals surface area contributed by atoms with E-state index in [1.807, 2.05) is 11.9 Å². The average Bonchev–Trinajstić information content (AvgIpc) is 3.51. The number of nitrogens with zero attached hydrogens (tertiary/aromatic N) is 8. The highest BCUT2D eigenvalue weighted by Gasteiger charge is 2.44. The van der Waals surface area contributed by atoms with Crippen molar-refractivity contribution in [1.82, 2.24) is 29.6 Å². The van der Waals surface area contributed by atoms with Crippen molar-refractivity contribution in [3.05, 3.63) is 71.3 Å². The predicted octanol–water partition coefficient (Wildman–Crippen LogP) is 4.81. The summed E-state index contributed by atoms with van der Waals surface area (Å²) in [5, 5.41) is 21.0. The minimum Gasteiger partial charge on any atom is -0.379 e. The van der Waals surface area contributed by atoms with Gasteiger partial charge in [0.25, 0.3) is 5.91 Å². The number of fused-ring (bicyclic) bond motifs is 1. The maximum atomic E-state index is 14.4. The molecule has 236 valence electrons. The van der Waals surface area contributed by atoms with E-state index in [1.54, 1.807) is 47.6 Å². The third kappa shape index (κ3) is 5.67. The molecule has 7 rings (SSSR count). The van der Waals surface area contributed by atoms with E-state index in [-0.39, 0.29) is 36.5 Å². The molecule has 2 aliphatic heterocycles. The number of hydrogen-bond donors (Lipinski definition) is 1. The van der Waals surface area contributed by atoms with Gasteiger partial charge < -0.3 is 14.6 Å². The fourth-order valence-electron chi connectivity index (χ4n) is 6.16. The molecule has 3 aliphatic rings. The Hall–Kier alpha value is -4.87. The number of aryl methyl sites for hydroxylation is 1. The summed E-state index contributed by atoms with van der Waals surface area (Å²) in [5.41, 5.74) is 1.11. The fraction of sp³-hybridized carbons (Fsp3) is 0.375. The van der Waals surface area contributed by atoms with Gasteiger partial charge in [0.05, 0.1) is 43.4 Å². The van der Waals surface area contributed by atoms with Crippen LogP contribution in [0.5, 0.6) is 0 Å². The lowest BCUT2D eigenvalue weighted by Gasteiger charge is -2.27. The molecule has 1 N–H and O–H groups in total. The van der Waals surface area contributed by atoms with Gasteiger partial charge in [-0.2, -0.15) is 18.4 Å². The highest BCUT2D eigenvalue weighted by atomic mass is 19.4. The second kappa shape index (κ2) is 11.5. The number of amides is 1. The van der Waals surface area contributed by atoms with Crippen molar-refractivity contribution < 1.29 is 22.7 Å². The first-order valence-electron chi connectivity index (χ1n) is 14.9. The summed E-state index contributed by atoms with van der Waals surface area (Å²) in [6.07, 6.45) is 2.03. The zero-order valence-electron chi connectivity index (χ0n) is 25.0. The molecule has 1 saturated heterocycles. The van der Waals surface area contributed by atoms with E-state index in [2.05, 4.69) is 26.6 Å². The number of nitriles is 1. The molecule has 0 spiro atoms. The topological polar surface area (TPSA) is 125 Å². The Morgan fingerprint density at radius 3 is 2.61 bits per heavy atom. The number of ether oxygens (including phenoxy) is 1. The number of nitrogens with one attached hydrogen (secondary N) is 1. The number of halogens is 3. The van der Waals surface area contributed by atoms with Crippen LogP contribution in [0.25, 0.3) is 22.5 Å². The maximum absolute atomic E-state index is 14.4. The van der Waals surface area contributed by atoms with Gasteiger partial charge in [0, 0.05) is 55.8 Å². The highest BCUT2D eigenvalue weighted by Crippen LogP contribution is 2.44. The van der Waals surface area contributed by atoms with Gasteiger partial charge in [-0.05, 0) is 59.9 Å². The van der Waals surface area contributed by atoms with Crippen LogP contribution in [0.4, 0.5) is 24.8 Å². The molecule has 46 heavy (non-hydrogen) atoms. The predicted molar refractivity (Wildman–Crippen MR) is 161 cm³/mol. The summed E-state index contributed by atoms with van der Waals surface area (Å²) < 4.78 is 50.5. The Balaban J connectivity index is 1.31. The number of alkyl halides is 3. The lowest BCUT2D eigenvalue weighted by Crippen LogP contribution is -2.35. The van der Waals surface area contributed by atoms with Crippen LogP contribution in [0.1, 0.15) is 46.3 Å². The SMILES string of the molecule is Cn1cnnc1-c1ccncc1-c1cc(NC2(CC#N)CC2)nc(N2Cc3c(cc(CN4CCOCC4)cc3C(F)(F)F)C2=O)c1. The molecule has 14 heteroatoms. The van der Waals surface area contributed by atoms with E-state index < -0.39 is 23.2 Å². The molecule has 1 aliphatic carbocycles. The quantitative estimate of drug-likeness (QED) is 0.292. The summed E-state index contributed by atoms with van der Waals surface area (Å²) in [4.78, 5) is 26.3. The third-order valence-electron chi connectivity index (χ3n) is 8.75. The summed E-state index contributed by atoms with van der Waals surface area (Å²) in [7, 11) is 1.81. The Morgan fingerprint density at radius 2 is 1.91 bits per heavy atom. The number of benzene rings is 1. The van der Waals surface area contributed by atoms with E-state index in [0.717, 1.165) is 24.5 Å². The van der Waals surface area contributed by atoms with Crippen LogP contribution in [0.15, 0.2) is 49.1 Å². The molecule has 0 atom stereocenters. The van der Waals surface area contributed by atoms with Crippen LogP contribution in [-0.4, -0.2) is 67.4 Å². The number of aromatic nitrogens is 5. The first-order valence-corrected chi connectivity index (χ1v) is 14.9. The van der Waals surface area contributed by atoms with Crippen molar-refractivity contribution in [2.75, 3.05) is 36.5 Å². The van der Waals surface area contributed by atoms with Gasteiger partial charge in [0.2, 0.25) is 0 Å². The fourth-order valence-corrected chi connectivity index (χ4v) is 6.16. The van der Waals surface area contributed by atoms with Gasteiger partial charge in [-0.15, -0.1) is 10.2 Å². The maximum Gasteiger partial charge on any atom is 0.416 e. The standard InChI is InChI=1S/C32H30F3N9O2/c1-42-19-38-41-29(42)22-2-7-37-16-24(22)21-14-27(40-31(3-4-31)5-6-36)39-28(15-21)44-18-25-23(30(44)45)12-20(13-26(25)32(33,34)35)17-43-8-10-46-11-9-43/h2,7,12-16,19H,3-5,8-11,17-18H2,1H3,(H,39,40). The molecule has 5 heterocycles. The van der Waals surface area contributed by atoms with Gasteiger partial charge in [-0.1, -0.05) is 0 Å². The van der Waals surface area contributed by atoms with E-state index in [4.69, 9.17) is 9.72 Å².